The number of nitriles is 1. The van der Waals surface area contributed by atoms with E-state index in [-0.39, 0.29) is 36.4 Å². The first-order valence-corrected chi connectivity index (χ1v) is 11.3. The van der Waals surface area contributed by atoms with Crippen molar-refractivity contribution in [3.05, 3.63) is 23.9 Å². The minimum absolute atomic E-state index is 0.0665. The number of nitrogens with one attached hydrogen (secondary N) is 1. The molecule has 3 saturated heterocycles. The minimum Gasteiger partial charge on any atom is -0.446 e. The molecule has 1 N–H and O–H groups in total. The van der Waals surface area contributed by atoms with Gasteiger partial charge in [-0.1, -0.05) is 0 Å². The highest BCUT2D eigenvalue weighted by molar-refractivity contribution is 5.70. The Hall–Kier alpha value is -3.02. The first-order valence-electron chi connectivity index (χ1n) is 11.3. The van der Waals surface area contributed by atoms with Gasteiger partial charge < -0.3 is 24.6 Å². The molecule has 2 bridgehead atoms. The molecule has 0 saturated carbocycles. The van der Waals surface area contributed by atoms with Crippen LogP contribution in [0.4, 0.5) is 15.4 Å². The highest BCUT2D eigenvalue weighted by Gasteiger charge is 2.46. The number of pyridine rings is 1. The quantitative estimate of drug-likeness (QED) is 0.765. The second-order valence-corrected chi connectivity index (χ2v) is 9.87. The van der Waals surface area contributed by atoms with Crippen molar-refractivity contribution in [3.63, 3.8) is 0 Å². The number of nitrogens with zero attached hydrogens (tertiary/aromatic N) is 4. The fourth-order valence-electron chi connectivity index (χ4n) is 4.85. The number of aromatic nitrogens is 1. The zero-order valence-corrected chi connectivity index (χ0v) is 18.9. The Morgan fingerprint density at radius 2 is 1.88 bits per heavy atom. The van der Waals surface area contributed by atoms with Gasteiger partial charge >= 0.3 is 12.2 Å². The van der Waals surface area contributed by atoms with E-state index in [1.165, 1.54) is 6.20 Å². The SMILES string of the molecule is CC(C)(C)OC(=O)N1[C@@H]2CC[C@H]1C[C@@H](OC(=O)N1CC[C@@H](Nc3ccc(C#N)cn3)C1)C2. The van der Waals surface area contributed by atoms with Crippen LogP contribution in [-0.2, 0) is 9.47 Å². The molecule has 4 heterocycles. The number of amides is 2. The third kappa shape index (κ3) is 5.06. The van der Waals surface area contributed by atoms with Crippen LogP contribution in [-0.4, -0.2) is 69.9 Å². The van der Waals surface area contributed by atoms with Crippen molar-refractivity contribution in [3.8, 4) is 6.07 Å². The summed E-state index contributed by atoms with van der Waals surface area (Å²) < 4.78 is 11.4. The Morgan fingerprint density at radius 1 is 1.16 bits per heavy atom. The Bertz CT molecular complexity index is 877. The summed E-state index contributed by atoms with van der Waals surface area (Å²) in [6.45, 7) is 6.78. The second-order valence-electron chi connectivity index (χ2n) is 9.87. The largest absolute Gasteiger partial charge is 0.446 e. The van der Waals surface area contributed by atoms with Gasteiger partial charge in [0.15, 0.2) is 0 Å². The molecule has 1 aromatic rings. The van der Waals surface area contributed by atoms with Gasteiger partial charge in [-0.05, 0) is 52.2 Å². The number of piperidine rings is 1. The molecule has 4 atom stereocenters. The van der Waals surface area contributed by atoms with Crippen LogP contribution in [0.15, 0.2) is 18.3 Å². The summed E-state index contributed by atoms with van der Waals surface area (Å²) in [6, 6.07) is 5.76. The van der Waals surface area contributed by atoms with E-state index in [1.54, 1.807) is 17.0 Å². The predicted octanol–water partition coefficient (Wildman–Crippen LogP) is 3.51. The summed E-state index contributed by atoms with van der Waals surface area (Å²) in [7, 11) is 0. The number of carbonyl (C=O) groups is 2. The Labute approximate surface area is 188 Å². The van der Waals surface area contributed by atoms with Gasteiger partial charge in [-0.3, -0.25) is 0 Å². The summed E-state index contributed by atoms with van der Waals surface area (Å²) in [6.07, 6.45) is 4.76. The van der Waals surface area contributed by atoms with Gasteiger partial charge in [0.25, 0.3) is 0 Å². The predicted molar refractivity (Wildman–Crippen MR) is 117 cm³/mol. The van der Waals surface area contributed by atoms with Crippen LogP contribution in [0.1, 0.15) is 58.4 Å². The number of hydrogen-bond acceptors (Lipinski definition) is 7. The molecule has 3 aliphatic rings. The third-order valence-electron chi connectivity index (χ3n) is 6.25. The molecule has 0 unspecified atom stereocenters. The lowest BCUT2D eigenvalue weighted by molar-refractivity contribution is -0.0193. The zero-order valence-electron chi connectivity index (χ0n) is 18.9. The molecule has 4 rings (SSSR count). The molecule has 2 amide bonds. The molecule has 0 aromatic carbocycles. The van der Waals surface area contributed by atoms with Crippen molar-refractivity contribution in [2.45, 2.75) is 82.7 Å². The summed E-state index contributed by atoms with van der Waals surface area (Å²) in [5.74, 6) is 0.690. The molecule has 9 nitrogen and oxygen atoms in total. The number of likely N-dealkylation sites (tertiary alicyclic amines) is 1. The van der Waals surface area contributed by atoms with Gasteiger partial charge in [-0.15, -0.1) is 0 Å². The fourth-order valence-corrected chi connectivity index (χ4v) is 4.85. The van der Waals surface area contributed by atoms with E-state index in [4.69, 9.17) is 14.7 Å². The molecule has 172 valence electrons. The summed E-state index contributed by atoms with van der Waals surface area (Å²) >= 11 is 0. The van der Waals surface area contributed by atoms with Crippen LogP contribution in [0, 0.1) is 11.3 Å². The monoisotopic (exact) mass is 441 g/mol. The Balaban J connectivity index is 1.26. The number of ether oxygens (including phenoxy) is 2. The Morgan fingerprint density at radius 3 is 2.47 bits per heavy atom. The van der Waals surface area contributed by atoms with Gasteiger partial charge in [0.05, 0.1) is 5.56 Å². The molecular weight excluding hydrogens is 410 g/mol. The number of hydrogen-bond donors (Lipinski definition) is 1. The first-order chi connectivity index (χ1) is 15.2. The molecule has 3 fully saturated rings. The van der Waals surface area contributed by atoms with Crippen LogP contribution in [0.3, 0.4) is 0 Å². The number of carbonyl (C=O) groups excluding carboxylic acids is 2. The van der Waals surface area contributed by atoms with Crippen LogP contribution in [0.5, 0.6) is 0 Å². The number of fused-ring (bicyclic) bond motifs is 2. The first kappa shape index (κ1) is 22.2. The van der Waals surface area contributed by atoms with Gasteiger partial charge in [-0.25, -0.2) is 14.6 Å². The molecule has 0 aliphatic carbocycles. The minimum atomic E-state index is -0.520. The highest BCUT2D eigenvalue weighted by atomic mass is 16.6. The van der Waals surface area contributed by atoms with Crippen molar-refractivity contribution >= 4 is 18.0 Å². The fraction of sp³-hybridized carbons (Fsp3) is 0.652. The van der Waals surface area contributed by atoms with Crippen molar-refractivity contribution in [2.75, 3.05) is 18.4 Å². The van der Waals surface area contributed by atoms with E-state index >= 15 is 0 Å². The number of rotatable bonds is 3. The van der Waals surface area contributed by atoms with E-state index < -0.39 is 5.60 Å². The molecule has 0 radical (unpaired) electrons. The molecule has 3 aliphatic heterocycles. The lowest BCUT2D eigenvalue weighted by Gasteiger charge is -2.39. The molecule has 9 heteroatoms. The van der Waals surface area contributed by atoms with Crippen molar-refractivity contribution in [1.82, 2.24) is 14.8 Å². The maximum atomic E-state index is 12.8. The van der Waals surface area contributed by atoms with E-state index in [0.29, 0.717) is 37.3 Å². The highest BCUT2D eigenvalue weighted by Crippen LogP contribution is 2.38. The van der Waals surface area contributed by atoms with Crippen molar-refractivity contribution in [1.29, 1.82) is 5.26 Å². The molecular formula is C23H31N5O4. The van der Waals surface area contributed by atoms with E-state index in [9.17, 15) is 9.59 Å². The van der Waals surface area contributed by atoms with Crippen LogP contribution in [0.2, 0.25) is 0 Å². The lowest BCUT2D eigenvalue weighted by atomic mass is 10.0. The summed E-state index contributed by atoms with van der Waals surface area (Å²) in [5.41, 5.74) is -0.00756. The van der Waals surface area contributed by atoms with E-state index in [1.807, 2.05) is 31.7 Å². The lowest BCUT2D eigenvalue weighted by Crippen LogP contribution is -2.51. The van der Waals surface area contributed by atoms with Crippen LogP contribution < -0.4 is 5.32 Å². The van der Waals surface area contributed by atoms with Gasteiger partial charge in [0.1, 0.15) is 23.6 Å². The van der Waals surface area contributed by atoms with E-state index in [2.05, 4.69) is 10.3 Å². The normalized spacial score (nSPS) is 27.1. The smallest absolute Gasteiger partial charge is 0.410 e. The molecule has 0 spiro atoms. The average molecular weight is 442 g/mol. The molecule has 32 heavy (non-hydrogen) atoms. The molecule has 1 aromatic heterocycles. The summed E-state index contributed by atoms with van der Waals surface area (Å²) in [4.78, 5) is 33.2. The van der Waals surface area contributed by atoms with Gasteiger partial charge in [0, 0.05) is 50.3 Å². The standard InChI is InChI=1S/C23H31N5O4/c1-23(2,3)32-22(30)28-17-5-6-18(28)11-19(10-17)31-21(29)27-9-8-16(14-27)26-20-7-4-15(12-24)13-25-20/h4,7,13,16-19H,5-6,8-11,14H2,1-3H3,(H,25,26)/t16-,17-,18+,19+/m1/s1. The zero-order chi connectivity index (χ0) is 22.9. The second kappa shape index (κ2) is 8.85. The van der Waals surface area contributed by atoms with Crippen LogP contribution >= 0.6 is 0 Å². The van der Waals surface area contributed by atoms with Crippen LogP contribution in [0.25, 0.3) is 0 Å². The van der Waals surface area contributed by atoms with Gasteiger partial charge in [-0.2, -0.15) is 5.26 Å². The van der Waals surface area contributed by atoms with Gasteiger partial charge in [0.2, 0.25) is 0 Å². The third-order valence-corrected chi connectivity index (χ3v) is 6.25. The van der Waals surface area contributed by atoms with Crippen molar-refractivity contribution < 1.29 is 19.1 Å². The maximum Gasteiger partial charge on any atom is 0.410 e. The van der Waals surface area contributed by atoms with Crippen molar-refractivity contribution in [2.24, 2.45) is 0 Å². The van der Waals surface area contributed by atoms with E-state index in [0.717, 1.165) is 19.3 Å². The topological polar surface area (TPSA) is 108 Å². The maximum absolute atomic E-state index is 12.8. The summed E-state index contributed by atoms with van der Waals surface area (Å²) in [5, 5.41) is 12.2. The number of anilines is 1. The Kier molecular flexibility index (Phi) is 6.13. The average Bonchev–Trinajstić information content (AvgIpc) is 3.30.